The Hall–Kier alpha value is -10.1. The number of anilines is 1. The van der Waals surface area contributed by atoms with Crippen LogP contribution in [0.4, 0.5) is 17.1 Å². The molecule has 6 aliphatic heterocycles. The number of halogens is 1. The number of benzene rings is 6. The number of carbonyl (C=O) groups is 2. The second-order valence-corrected chi connectivity index (χ2v) is 19.2. The van der Waals surface area contributed by atoms with Crippen LogP contribution in [0.1, 0.15) is 92.2 Å². The molecule has 4 atom stereocenters. The van der Waals surface area contributed by atoms with Gasteiger partial charge in [-0.2, -0.15) is 0 Å². The Kier molecular flexibility index (Phi) is 15.5. The fourth-order valence-corrected chi connectivity index (χ4v) is 11.6. The van der Waals surface area contributed by atoms with Crippen molar-refractivity contribution in [2.75, 3.05) is 74.2 Å². The largest absolute Gasteiger partial charge is 0.493 e. The Morgan fingerprint density at radius 1 is 0.600 bits per heavy atom. The molecular weight excluding hydrogens is 1140 g/mol. The number of hydrogen-bond donors (Lipinski definition) is 1. The first kappa shape index (κ1) is 56.8. The van der Waals surface area contributed by atoms with Crippen LogP contribution in [-0.4, -0.2) is 112 Å². The molecule has 0 fully saturated rings. The number of hydrogen-bond acceptors (Lipinski definition) is 26. The lowest BCUT2D eigenvalue weighted by atomic mass is 9.84. The predicted molar refractivity (Wildman–Crippen MR) is 295 cm³/mol. The summed E-state index contributed by atoms with van der Waals surface area (Å²) in [5.74, 6) is 3.75. The summed E-state index contributed by atoms with van der Waals surface area (Å²) in [4.78, 5) is 49.4. The average Bonchev–Trinajstić information content (AvgIpc) is 2.34. The summed E-state index contributed by atoms with van der Waals surface area (Å²) < 4.78 is 77.0. The highest BCUT2D eigenvalue weighted by Gasteiger charge is 2.49. The monoisotopic (exact) mass is 1190 g/mol. The minimum absolute atomic E-state index is 0.0307. The van der Waals surface area contributed by atoms with Crippen molar-refractivity contribution < 1.29 is 85.5 Å². The molecule has 4 unspecified atom stereocenters. The predicted octanol–water partition coefficient (Wildman–Crippen LogP) is 9.25. The maximum absolute atomic E-state index is 13.4. The van der Waals surface area contributed by atoms with Crippen LogP contribution in [0.25, 0.3) is 22.1 Å². The van der Waals surface area contributed by atoms with Gasteiger partial charge in [0.1, 0.15) is 22.7 Å². The van der Waals surface area contributed by atoms with E-state index in [4.69, 9.17) is 73.1 Å². The van der Waals surface area contributed by atoms with Gasteiger partial charge in [-0.05, 0) is 87.5 Å². The number of nitro groups is 2. The zero-order valence-corrected chi connectivity index (χ0v) is 47.3. The molecule has 1 N–H and O–H groups in total. The van der Waals surface area contributed by atoms with E-state index in [1.54, 1.807) is 31.4 Å². The number of esters is 2. The standard InChI is InChI=1S/C27H22N4O10.C21H21NO7.C6H2ClN3O3.C2H6/c1-35-17-5-4-14-20(24(17)36-2)27(32)40-23(14)22-19-12(8-18-25(26(19)37-3)39-11-38-18)6-7-30(22)13-9-15-21(29-41-28-15)16(10-13)31(33)34;1-24-12-5-4-11-15(18(12)25-2)21(23)29-17(11)16-14-10(6-7-22-16)8-13-19(20(14)26-3)28-9-27-13;7-3-1-2-4(10(11)12)6-5(3)8-13-9-6;1-2/h4-5,8-10,22-23H,6-7,11H2,1-3H3;4-5,8,16-17,22H,6-7,9H2,1-3H3;1-2H;1-2H3. The van der Waals surface area contributed by atoms with Gasteiger partial charge >= 0.3 is 23.3 Å². The topological polar surface area (TPSA) is 324 Å². The molecule has 0 spiro atoms. The van der Waals surface area contributed by atoms with Gasteiger partial charge in [-0.3, -0.25) is 20.2 Å². The summed E-state index contributed by atoms with van der Waals surface area (Å²) in [6.45, 7) is 5.33. The van der Waals surface area contributed by atoms with Crippen LogP contribution in [-0.2, 0) is 22.3 Å². The minimum atomic E-state index is -0.865. The smallest absolute Gasteiger partial charge is 0.343 e. The van der Waals surface area contributed by atoms with E-state index in [1.807, 2.05) is 36.9 Å². The molecule has 0 saturated heterocycles. The SMILES string of the molecule is CC.COc1ccc2c(c1OC)C(=O)OC2C1NCCc2cc3c(c(OC)c21)OCO3.COc1ccc2c(c1OC)C(=O)OC2C1c2c(cc3c(c2OC)OCO3)CCN1c1cc([N+](=O)[O-])c2nonc2c1.O=[N+]([O-])c1ccc(Cl)c2nonc12. The van der Waals surface area contributed by atoms with Crippen LogP contribution >= 0.6 is 11.6 Å². The Balaban J connectivity index is 0.000000148. The first-order valence-corrected chi connectivity index (χ1v) is 26.6. The quantitative estimate of drug-likeness (QED) is 0.0716. The molecule has 0 radical (unpaired) electrons. The Morgan fingerprint density at radius 3 is 1.73 bits per heavy atom. The molecule has 29 heteroatoms. The Morgan fingerprint density at radius 2 is 1.14 bits per heavy atom. The average molecular weight is 1190 g/mol. The van der Waals surface area contributed by atoms with Gasteiger partial charge in [0.05, 0.1) is 69.6 Å². The number of carbonyl (C=O) groups excluding carboxylic acids is 2. The lowest BCUT2D eigenvalue weighted by Crippen LogP contribution is -2.39. The molecule has 442 valence electrons. The number of methoxy groups -OCH3 is 6. The van der Waals surface area contributed by atoms with Crippen LogP contribution in [0.3, 0.4) is 0 Å². The van der Waals surface area contributed by atoms with Crippen LogP contribution in [0.2, 0.25) is 5.02 Å². The highest BCUT2D eigenvalue weighted by Crippen LogP contribution is 2.58. The zero-order chi connectivity index (χ0) is 60.0. The Labute approximate surface area is 485 Å². The van der Waals surface area contributed by atoms with Crippen LogP contribution in [0, 0.1) is 20.2 Å². The molecule has 2 aromatic heterocycles. The Bertz CT molecular complexity index is 3990. The molecule has 8 aromatic rings. The molecule has 6 aromatic carbocycles. The molecule has 14 rings (SSSR count). The summed E-state index contributed by atoms with van der Waals surface area (Å²) >= 11 is 5.69. The summed E-state index contributed by atoms with van der Waals surface area (Å²) in [6.07, 6.45) is -0.0686. The summed E-state index contributed by atoms with van der Waals surface area (Å²) in [6, 6.07) is 15.7. The third kappa shape index (κ3) is 9.56. The van der Waals surface area contributed by atoms with Crippen molar-refractivity contribution in [3.8, 4) is 57.5 Å². The highest BCUT2D eigenvalue weighted by atomic mass is 35.5. The van der Waals surface area contributed by atoms with E-state index in [0.29, 0.717) is 87.1 Å². The molecule has 0 bridgehead atoms. The van der Waals surface area contributed by atoms with Gasteiger partial charge in [-0.25, -0.2) is 18.8 Å². The van der Waals surface area contributed by atoms with E-state index < -0.39 is 40.0 Å². The minimum Gasteiger partial charge on any atom is -0.493 e. The number of nitrogens with one attached hydrogen (secondary N) is 1. The number of non-ortho nitro benzene ring substituents is 2. The first-order chi connectivity index (χ1) is 41.3. The van der Waals surface area contributed by atoms with Crippen molar-refractivity contribution in [2.24, 2.45) is 0 Å². The van der Waals surface area contributed by atoms with Gasteiger partial charge in [-0.1, -0.05) is 37.6 Å². The van der Waals surface area contributed by atoms with Crippen molar-refractivity contribution in [3.05, 3.63) is 130 Å². The van der Waals surface area contributed by atoms with E-state index in [2.05, 4.69) is 30.6 Å². The second kappa shape index (κ2) is 23.3. The number of rotatable bonds is 11. The number of ether oxygens (including phenoxy) is 12. The lowest BCUT2D eigenvalue weighted by molar-refractivity contribution is -0.383. The van der Waals surface area contributed by atoms with Gasteiger partial charge in [0.2, 0.25) is 36.1 Å². The third-order valence-electron chi connectivity index (χ3n) is 14.8. The first-order valence-electron chi connectivity index (χ1n) is 26.2. The molecule has 0 aliphatic carbocycles. The van der Waals surface area contributed by atoms with Gasteiger partial charge in [0, 0.05) is 46.6 Å². The van der Waals surface area contributed by atoms with Gasteiger partial charge in [0.25, 0.3) is 0 Å². The van der Waals surface area contributed by atoms with E-state index >= 15 is 0 Å². The van der Waals surface area contributed by atoms with Crippen molar-refractivity contribution in [2.45, 2.75) is 51.0 Å². The number of fused-ring (bicyclic) bond motifs is 8. The second-order valence-electron chi connectivity index (χ2n) is 18.8. The van der Waals surface area contributed by atoms with Crippen LogP contribution in [0.5, 0.6) is 57.5 Å². The zero-order valence-electron chi connectivity index (χ0n) is 46.5. The van der Waals surface area contributed by atoms with Gasteiger partial charge in [0.15, 0.2) is 57.6 Å². The molecular formula is C56H51ClN8O20. The van der Waals surface area contributed by atoms with Crippen LogP contribution < -0.4 is 57.6 Å². The molecule has 8 heterocycles. The maximum atomic E-state index is 13.4. The van der Waals surface area contributed by atoms with Crippen LogP contribution in [0.15, 0.2) is 69.9 Å². The summed E-state index contributed by atoms with van der Waals surface area (Å²) in [7, 11) is 9.10. The maximum Gasteiger partial charge on any atom is 0.343 e. The molecule has 0 saturated carbocycles. The van der Waals surface area contributed by atoms with Crippen molar-refractivity contribution in [1.29, 1.82) is 0 Å². The molecule has 0 amide bonds. The van der Waals surface area contributed by atoms with Crippen molar-refractivity contribution in [1.82, 2.24) is 25.9 Å². The molecule has 6 aliphatic rings. The van der Waals surface area contributed by atoms with Crippen molar-refractivity contribution in [3.63, 3.8) is 0 Å². The highest BCUT2D eigenvalue weighted by molar-refractivity contribution is 6.35. The number of nitro benzene ring substituents is 2. The van der Waals surface area contributed by atoms with E-state index in [1.165, 1.54) is 53.7 Å². The fourth-order valence-electron chi connectivity index (χ4n) is 11.4. The fraction of sp³-hybridized carbons (Fsp3) is 0.321. The van der Waals surface area contributed by atoms with E-state index in [0.717, 1.165) is 35.2 Å². The molecule has 28 nitrogen and oxygen atoms in total. The van der Waals surface area contributed by atoms with Crippen molar-refractivity contribution >= 4 is 62.7 Å². The number of aromatic nitrogens is 4. The molecule has 85 heavy (non-hydrogen) atoms. The number of cyclic esters (lactones) is 2. The lowest BCUT2D eigenvalue weighted by Gasteiger charge is -2.42. The third-order valence-corrected chi connectivity index (χ3v) is 15.2. The van der Waals surface area contributed by atoms with E-state index in [-0.39, 0.29) is 69.4 Å². The normalized spacial score (nSPS) is 17.9. The van der Waals surface area contributed by atoms with E-state index in [9.17, 15) is 29.8 Å². The summed E-state index contributed by atoms with van der Waals surface area (Å²) in [5.41, 5.74) is 6.09. The number of nitrogens with zero attached hydrogens (tertiary/aromatic N) is 7. The van der Waals surface area contributed by atoms with Gasteiger partial charge in [-0.15, -0.1) is 0 Å². The summed E-state index contributed by atoms with van der Waals surface area (Å²) in [5, 5.41) is 40.6. The van der Waals surface area contributed by atoms with Gasteiger partial charge < -0.3 is 67.1 Å².